The Hall–Kier alpha value is -3.33. The van der Waals surface area contributed by atoms with E-state index in [9.17, 15) is 9.59 Å². The number of methoxy groups -OCH3 is 1. The zero-order valence-electron chi connectivity index (χ0n) is 14.4. The van der Waals surface area contributed by atoms with Crippen molar-refractivity contribution in [3.63, 3.8) is 0 Å². The second kappa shape index (κ2) is 8.37. The van der Waals surface area contributed by atoms with Crippen LogP contribution in [0.25, 0.3) is 0 Å². The first-order chi connectivity index (χ1) is 13.1. The number of ether oxygens (including phenoxy) is 1. The van der Waals surface area contributed by atoms with Gasteiger partial charge in [-0.15, -0.1) is 0 Å². The normalized spacial score (nSPS) is 10.4. The van der Waals surface area contributed by atoms with Crippen LogP contribution in [-0.4, -0.2) is 28.0 Å². The number of nitrogens with one attached hydrogen (secondary N) is 2. The number of benzene rings is 1. The van der Waals surface area contributed by atoms with Gasteiger partial charge in [0.25, 0.3) is 11.5 Å². The van der Waals surface area contributed by atoms with Crippen molar-refractivity contribution >= 4 is 29.2 Å². The number of anilines is 2. The molecule has 3 aromatic rings. The summed E-state index contributed by atoms with van der Waals surface area (Å²) in [6.45, 7) is 0. The number of carbonyl (C=O) groups is 1. The Morgan fingerprint density at radius 2 is 2.07 bits per heavy atom. The Bertz CT molecular complexity index is 990. The fourth-order valence-electron chi connectivity index (χ4n) is 2.22. The van der Waals surface area contributed by atoms with E-state index in [2.05, 4.69) is 20.3 Å². The summed E-state index contributed by atoms with van der Waals surface area (Å²) >= 11 is 1.32. The quantitative estimate of drug-likeness (QED) is 0.441. The molecule has 0 saturated carbocycles. The Morgan fingerprint density at radius 1 is 1.30 bits per heavy atom. The molecule has 0 aliphatic carbocycles. The molecule has 4 N–H and O–H groups in total. The number of rotatable bonds is 6. The van der Waals surface area contributed by atoms with Crippen LogP contribution in [0.2, 0.25) is 0 Å². The molecule has 0 saturated heterocycles. The molecule has 138 valence electrons. The third-order valence-corrected chi connectivity index (χ3v) is 4.56. The minimum Gasteiger partial charge on any atom is -0.497 e. The average Bonchev–Trinajstić information content (AvgIpc) is 2.70. The summed E-state index contributed by atoms with van der Waals surface area (Å²) in [5, 5.41) is 2.87. The molecule has 0 unspecified atom stereocenters. The van der Waals surface area contributed by atoms with Gasteiger partial charge >= 0.3 is 0 Å². The highest BCUT2D eigenvalue weighted by Crippen LogP contribution is 2.21. The Labute approximate surface area is 159 Å². The molecule has 8 nitrogen and oxygen atoms in total. The van der Waals surface area contributed by atoms with Crippen molar-refractivity contribution < 1.29 is 9.53 Å². The molecule has 0 fully saturated rings. The fourth-order valence-corrected chi connectivity index (χ4v) is 3.02. The second-order valence-corrected chi connectivity index (χ2v) is 6.43. The fraction of sp³-hybridized carbons (Fsp3) is 0.111. The van der Waals surface area contributed by atoms with Crippen molar-refractivity contribution in [1.82, 2.24) is 15.0 Å². The minimum absolute atomic E-state index is 0.0469. The molecule has 9 heteroatoms. The Balaban J connectivity index is 1.72. The molecule has 0 bridgehead atoms. The number of nitrogens with two attached hydrogens (primary N) is 1. The van der Waals surface area contributed by atoms with Crippen molar-refractivity contribution in [3.05, 3.63) is 70.3 Å². The van der Waals surface area contributed by atoms with Crippen LogP contribution in [-0.2, 0) is 5.75 Å². The lowest BCUT2D eigenvalue weighted by Gasteiger charge is -2.09. The number of aromatic nitrogens is 3. The number of hydrogen-bond donors (Lipinski definition) is 3. The first kappa shape index (κ1) is 18.5. The number of aromatic amines is 1. The topological polar surface area (TPSA) is 123 Å². The van der Waals surface area contributed by atoms with E-state index >= 15 is 0 Å². The number of hydrogen-bond acceptors (Lipinski definition) is 7. The van der Waals surface area contributed by atoms with E-state index in [0.29, 0.717) is 22.2 Å². The zero-order valence-corrected chi connectivity index (χ0v) is 15.2. The lowest BCUT2D eigenvalue weighted by atomic mass is 10.2. The standard InChI is InChI=1S/C18H17N5O3S/c1-26-13-6-4-12(5-7-13)16(24)21-14-15(19)22-18(23-17(14)25)27-10-11-3-2-8-20-9-11/h2-9H,10H2,1H3,(H,21,24)(H3,19,22,23,25). The zero-order chi connectivity index (χ0) is 19.2. The van der Waals surface area contributed by atoms with E-state index < -0.39 is 11.5 Å². The van der Waals surface area contributed by atoms with E-state index in [1.807, 2.05) is 12.1 Å². The summed E-state index contributed by atoms with van der Waals surface area (Å²) in [4.78, 5) is 35.4. The van der Waals surface area contributed by atoms with Gasteiger partial charge in [-0.25, -0.2) is 4.98 Å². The molecule has 1 aromatic carbocycles. The van der Waals surface area contributed by atoms with Crippen LogP contribution in [0.4, 0.5) is 11.5 Å². The van der Waals surface area contributed by atoms with Gasteiger partial charge in [0.05, 0.1) is 7.11 Å². The molecular weight excluding hydrogens is 366 g/mol. The Morgan fingerprint density at radius 3 is 2.70 bits per heavy atom. The van der Waals surface area contributed by atoms with Crippen LogP contribution in [0.1, 0.15) is 15.9 Å². The molecule has 0 spiro atoms. The van der Waals surface area contributed by atoms with Crippen molar-refractivity contribution in [2.75, 3.05) is 18.2 Å². The van der Waals surface area contributed by atoms with Gasteiger partial charge in [-0.3, -0.25) is 19.6 Å². The number of nitrogen functional groups attached to an aromatic ring is 1. The minimum atomic E-state index is -0.516. The predicted molar refractivity (Wildman–Crippen MR) is 104 cm³/mol. The van der Waals surface area contributed by atoms with E-state index in [4.69, 9.17) is 10.5 Å². The summed E-state index contributed by atoms with van der Waals surface area (Å²) in [6.07, 6.45) is 3.42. The second-order valence-electron chi connectivity index (χ2n) is 5.46. The molecule has 2 heterocycles. The van der Waals surface area contributed by atoms with Crippen LogP contribution < -0.4 is 21.3 Å². The maximum atomic E-state index is 12.3. The van der Waals surface area contributed by atoms with Crippen molar-refractivity contribution in [1.29, 1.82) is 0 Å². The first-order valence-electron chi connectivity index (χ1n) is 7.93. The first-order valence-corrected chi connectivity index (χ1v) is 8.92. The molecule has 27 heavy (non-hydrogen) atoms. The van der Waals surface area contributed by atoms with Gasteiger partial charge in [-0.05, 0) is 35.9 Å². The highest BCUT2D eigenvalue weighted by molar-refractivity contribution is 7.98. The molecule has 1 amide bonds. The highest BCUT2D eigenvalue weighted by atomic mass is 32.2. The number of nitrogens with zero attached hydrogens (tertiary/aromatic N) is 2. The predicted octanol–water partition coefficient (Wildman–Crippen LogP) is 2.30. The van der Waals surface area contributed by atoms with E-state index in [1.54, 1.807) is 36.7 Å². The van der Waals surface area contributed by atoms with Gasteiger partial charge in [0, 0.05) is 23.7 Å². The monoisotopic (exact) mass is 383 g/mol. The maximum Gasteiger partial charge on any atom is 0.277 e. The van der Waals surface area contributed by atoms with Crippen LogP contribution in [0.3, 0.4) is 0 Å². The third kappa shape index (κ3) is 4.64. The molecule has 3 rings (SSSR count). The average molecular weight is 383 g/mol. The number of carbonyl (C=O) groups excluding carboxylic acids is 1. The molecule has 2 aromatic heterocycles. The maximum absolute atomic E-state index is 12.3. The van der Waals surface area contributed by atoms with Crippen LogP contribution in [0.5, 0.6) is 5.75 Å². The van der Waals surface area contributed by atoms with Gasteiger partial charge in [0.2, 0.25) is 0 Å². The van der Waals surface area contributed by atoms with Gasteiger partial charge in [0.15, 0.2) is 11.0 Å². The van der Waals surface area contributed by atoms with Crippen LogP contribution in [0.15, 0.2) is 58.7 Å². The molecule has 0 atom stereocenters. The van der Waals surface area contributed by atoms with Crippen LogP contribution in [0, 0.1) is 0 Å². The lowest BCUT2D eigenvalue weighted by Crippen LogP contribution is -2.23. The van der Waals surface area contributed by atoms with Crippen molar-refractivity contribution in [2.45, 2.75) is 10.9 Å². The van der Waals surface area contributed by atoms with Gasteiger partial charge in [0.1, 0.15) is 11.4 Å². The molecule has 0 aliphatic rings. The Kier molecular flexibility index (Phi) is 5.72. The number of H-pyrrole nitrogens is 1. The summed E-state index contributed by atoms with van der Waals surface area (Å²) in [5.74, 6) is 0.690. The van der Waals surface area contributed by atoms with E-state index in [0.717, 1.165) is 5.56 Å². The molecule has 0 radical (unpaired) electrons. The van der Waals surface area contributed by atoms with Crippen molar-refractivity contribution in [2.24, 2.45) is 0 Å². The largest absolute Gasteiger partial charge is 0.497 e. The number of amides is 1. The van der Waals surface area contributed by atoms with Gasteiger partial charge in [-0.1, -0.05) is 17.8 Å². The molecular formula is C18H17N5O3S. The van der Waals surface area contributed by atoms with Crippen molar-refractivity contribution in [3.8, 4) is 5.75 Å². The van der Waals surface area contributed by atoms with E-state index in [1.165, 1.54) is 18.9 Å². The third-order valence-electron chi connectivity index (χ3n) is 3.61. The highest BCUT2D eigenvalue weighted by Gasteiger charge is 2.14. The SMILES string of the molecule is COc1ccc(C(=O)Nc2c(N)nc(SCc3cccnc3)[nH]c2=O)cc1. The summed E-state index contributed by atoms with van der Waals surface area (Å²) < 4.78 is 5.05. The summed E-state index contributed by atoms with van der Waals surface area (Å²) in [6, 6.07) is 10.2. The van der Waals surface area contributed by atoms with E-state index in [-0.39, 0.29) is 11.5 Å². The smallest absolute Gasteiger partial charge is 0.277 e. The number of thioether (sulfide) groups is 1. The molecule has 0 aliphatic heterocycles. The number of pyridine rings is 1. The van der Waals surface area contributed by atoms with Gasteiger partial charge in [-0.2, -0.15) is 0 Å². The van der Waals surface area contributed by atoms with Crippen LogP contribution >= 0.6 is 11.8 Å². The summed E-state index contributed by atoms with van der Waals surface area (Å²) in [5.41, 5.74) is 6.63. The van der Waals surface area contributed by atoms with Gasteiger partial charge < -0.3 is 15.8 Å². The lowest BCUT2D eigenvalue weighted by molar-refractivity contribution is 0.102. The summed E-state index contributed by atoms with van der Waals surface area (Å²) in [7, 11) is 1.54.